The highest BCUT2D eigenvalue weighted by molar-refractivity contribution is 7.27. The second-order valence-corrected chi connectivity index (χ2v) is 11.1. The monoisotopic (exact) mass is 510 g/mol. The molecule has 3 aromatic heterocycles. The summed E-state index contributed by atoms with van der Waals surface area (Å²) in [4.78, 5) is 40.1. The number of hydrogen-bond acceptors (Lipinski definition) is 7. The number of nitrogens with zero attached hydrogens (tertiary/aromatic N) is 4. The molecule has 2 aliphatic rings. The van der Waals surface area contributed by atoms with Crippen molar-refractivity contribution in [3.05, 3.63) is 55.9 Å². The van der Waals surface area contributed by atoms with Gasteiger partial charge in [-0.2, -0.15) is 4.98 Å². The quantitative estimate of drug-likeness (QED) is 0.210. The minimum absolute atomic E-state index is 0.274. The summed E-state index contributed by atoms with van der Waals surface area (Å²) in [5.41, 5.74) is 1.20. The van der Waals surface area contributed by atoms with Crippen LogP contribution in [0.4, 0.5) is 0 Å². The van der Waals surface area contributed by atoms with Gasteiger partial charge in [0.25, 0.3) is 5.56 Å². The molecule has 6 nitrogen and oxygen atoms in total. The summed E-state index contributed by atoms with van der Waals surface area (Å²) < 4.78 is 3.26. The van der Waals surface area contributed by atoms with E-state index in [1.807, 2.05) is 23.6 Å². The van der Waals surface area contributed by atoms with E-state index < -0.39 is 5.69 Å². The maximum absolute atomic E-state index is 13.5. The van der Waals surface area contributed by atoms with Crippen LogP contribution in [0, 0.1) is 0 Å². The van der Waals surface area contributed by atoms with Crippen molar-refractivity contribution < 1.29 is 0 Å². The molecule has 0 aliphatic carbocycles. The van der Waals surface area contributed by atoms with Crippen molar-refractivity contribution in [2.45, 2.75) is 59.0 Å². The van der Waals surface area contributed by atoms with Crippen LogP contribution in [0.25, 0.3) is 42.1 Å². The van der Waals surface area contributed by atoms with Crippen molar-refractivity contribution in [1.29, 1.82) is 0 Å². The van der Waals surface area contributed by atoms with E-state index in [1.54, 1.807) is 34.0 Å². The summed E-state index contributed by atoms with van der Waals surface area (Å²) in [5, 5.41) is 4.11. The van der Waals surface area contributed by atoms with E-state index in [9.17, 15) is 9.59 Å². The SMILES string of the molecule is CCCCCCCn1c(=O)nc2n(CC)c3c(-c4cccs4)sc(-c4cccs4)c3nc-2c1=O. The van der Waals surface area contributed by atoms with Gasteiger partial charge < -0.3 is 4.57 Å². The molecule has 0 radical (unpaired) electrons. The zero-order valence-electron chi connectivity index (χ0n) is 19.2. The third-order valence-corrected chi connectivity index (χ3v) is 9.26. The number of aryl methyl sites for hydroxylation is 1. The Kier molecular flexibility index (Phi) is 6.76. The molecule has 0 amide bonds. The number of hydrogen-bond donors (Lipinski definition) is 0. The zero-order valence-corrected chi connectivity index (χ0v) is 21.7. The zero-order chi connectivity index (χ0) is 23.7. The molecule has 2 aliphatic heterocycles. The lowest BCUT2D eigenvalue weighted by atomic mass is 10.1. The second kappa shape index (κ2) is 9.93. The van der Waals surface area contributed by atoms with E-state index in [0.717, 1.165) is 56.2 Å². The van der Waals surface area contributed by atoms with Crippen LogP contribution in [0.2, 0.25) is 0 Å². The molecule has 0 N–H and O–H groups in total. The number of fused-ring (bicyclic) bond motifs is 2. The summed E-state index contributed by atoms with van der Waals surface area (Å²) in [6.07, 6.45) is 5.22. The lowest BCUT2D eigenvalue weighted by molar-refractivity contribution is 0.538. The molecule has 0 saturated carbocycles. The molecule has 0 atom stereocenters. The topological polar surface area (TPSA) is 69.8 Å². The van der Waals surface area contributed by atoms with E-state index in [-0.39, 0.29) is 11.3 Å². The molecular weight excluding hydrogens is 485 g/mol. The third-order valence-electron chi connectivity index (χ3n) is 5.99. The number of unbranched alkanes of at least 4 members (excludes halogenated alkanes) is 4. The van der Waals surface area contributed by atoms with E-state index in [4.69, 9.17) is 4.98 Å². The fourth-order valence-electron chi connectivity index (χ4n) is 4.31. The summed E-state index contributed by atoms with van der Waals surface area (Å²) in [7, 11) is 0. The fraction of sp³-hybridized carbons (Fsp3) is 0.360. The Hall–Kier alpha value is -2.62. The predicted molar refractivity (Wildman–Crippen MR) is 144 cm³/mol. The van der Waals surface area contributed by atoms with Crippen LogP contribution >= 0.6 is 34.0 Å². The van der Waals surface area contributed by atoms with Crippen molar-refractivity contribution >= 4 is 45.0 Å². The van der Waals surface area contributed by atoms with Gasteiger partial charge in [-0.25, -0.2) is 9.78 Å². The second-order valence-electron chi connectivity index (χ2n) is 8.21. The van der Waals surface area contributed by atoms with Crippen LogP contribution in [0.1, 0.15) is 46.0 Å². The van der Waals surface area contributed by atoms with Gasteiger partial charge in [0.05, 0.1) is 15.3 Å². The molecule has 0 unspecified atom stereocenters. The predicted octanol–water partition coefficient (Wildman–Crippen LogP) is 6.57. The minimum Gasteiger partial charge on any atom is -0.321 e. The third kappa shape index (κ3) is 4.06. The van der Waals surface area contributed by atoms with Gasteiger partial charge in [0.2, 0.25) is 0 Å². The van der Waals surface area contributed by atoms with Gasteiger partial charge in [-0.1, -0.05) is 44.7 Å². The van der Waals surface area contributed by atoms with Gasteiger partial charge in [0, 0.05) is 22.8 Å². The molecule has 0 fully saturated rings. The first-order valence-electron chi connectivity index (χ1n) is 11.7. The maximum atomic E-state index is 13.5. The van der Waals surface area contributed by atoms with Crippen LogP contribution in [0.15, 0.2) is 44.6 Å². The maximum Gasteiger partial charge on any atom is 0.352 e. The molecule has 3 aromatic rings. The normalized spacial score (nSPS) is 11.7. The smallest absolute Gasteiger partial charge is 0.321 e. The number of aromatic nitrogens is 4. The average Bonchev–Trinajstić information content (AvgIpc) is 3.60. The van der Waals surface area contributed by atoms with Crippen molar-refractivity contribution in [3.63, 3.8) is 0 Å². The molecule has 0 bridgehead atoms. The molecule has 5 rings (SSSR count). The molecule has 5 heterocycles. The van der Waals surface area contributed by atoms with E-state index in [0.29, 0.717) is 18.9 Å². The Morgan fingerprint density at radius 1 is 0.853 bits per heavy atom. The van der Waals surface area contributed by atoms with Crippen molar-refractivity contribution in [1.82, 2.24) is 19.1 Å². The number of rotatable bonds is 9. The highest BCUT2D eigenvalue weighted by Gasteiger charge is 2.26. The molecule has 9 heteroatoms. The van der Waals surface area contributed by atoms with Crippen LogP contribution in [-0.4, -0.2) is 19.1 Å². The highest BCUT2D eigenvalue weighted by atomic mass is 32.1. The standard InChI is InChI=1S/C25H26N4O2S3/c1-3-5-6-7-8-13-29-24(30)19-23(27-25(29)31)28(4-2)20-18(26-19)21(16-11-9-14-32-16)34-22(20)17-12-10-15-33-17/h9-12,14-15H,3-8,13H2,1-2H3. The molecule has 34 heavy (non-hydrogen) atoms. The Labute approximate surface area is 209 Å². The summed E-state index contributed by atoms with van der Waals surface area (Å²) >= 11 is 5.02. The number of thiophene rings is 3. The Morgan fingerprint density at radius 3 is 2.21 bits per heavy atom. The summed E-state index contributed by atoms with van der Waals surface area (Å²) in [6.45, 7) is 5.16. The lowest BCUT2D eigenvalue weighted by Crippen LogP contribution is -2.38. The summed E-state index contributed by atoms with van der Waals surface area (Å²) in [5.74, 6) is 0.376. The van der Waals surface area contributed by atoms with Gasteiger partial charge in [0.15, 0.2) is 11.5 Å². The van der Waals surface area contributed by atoms with Crippen LogP contribution < -0.4 is 11.2 Å². The fourth-order valence-corrected chi connectivity index (χ4v) is 7.27. The average molecular weight is 511 g/mol. The first-order chi connectivity index (χ1) is 16.6. The van der Waals surface area contributed by atoms with E-state index in [2.05, 4.69) is 34.8 Å². The first-order valence-corrected chi connectivity index (χ1v) is 14.3. The molecule has 176 valence electrons. The molecule has 0 aromatic carbocycles. The Balaban J connectivity index is 1.74. The summed E-state index contributed by atoms with van der Waals surface area (Å²) in [6, 6.07) is 8.25. The van der Waals surface area contributed by atoms with Crippen molar-refractivity contribution in [2.75, 3.05) is 0 Å². The molecular formula is C25H26N4O2S3. The Morgan fingerprint density at radius 2 is 1.56 bits per heavy atom. The van der Waals surface area contributed by atoms with Gasteiger partial charge in [-0.15, -0.1) is 34.0 Å². The molecule has 0 saturated heterocycles. The van der Waals surface area contributed by atoms with Crippen molar-refractivity contribution in [3.8, 4) is 31.0 Å². The minimum atomic E-state index is -0.484. The largest absolute Gasteiger partial charge is 0.352 e. The highest BCUT2D eigenvalue weighted by Crippen LogP contribution is 2.46. The van der Waals surface area contributed by atoms with Crippen LogP contribution in [-0.2, 0) is 13.1 Å². The van der Waals surface area contributed by atoms with Crippen LogP contribution in [0.3, 0.4) is 0 Å². The molecule has 0 spiro atoms. The van der Waals surface area contributed by atoms with Gasteiger partial charge in [-0.3, -0.25) is 9.36 Å². The Bertz CT molecular complexity index is 1490. The van der Waals surface area contributed by atoms with Gasteiger partial charge in [-0.05, 0) is 36.2 Å². The van der Waals surface area contributed by atoms with Crippen LogP contribution in [0.5, 0.6) is 0 Å². The van der Waals surface area contributed by atoms with Gasteiger partial charge in [0.1, 0.15) is 5.52 Å². The lowest BCUT2D eigenvalue weighted by Gasteiger charge is -2.16. The van der Waals surface area contributed by atoms with E-state index in [1.165, 1.54) is 11.0 Å². The van der Waals surface area contributed by atoms with Gasteiger partial charge >= 0.3 is 5.69 Å². The van der Waals surface area contributed by atoms with Crippen molar-refractivity contribution in [2.24, 2.45) is 0 Å². The first kappa shape index (κ1) is 23.1. The van der Waals surface area contributed by atoms with E-state index >= 15 is 0 Å².